The van der Waals surface area contributed by atoms with Crippen molar-refractivity contribution in [1.29, 1.82) is 0 Å². The van der Waals surface area contributed by atoms with Crippen LogP contribution in [0.15, 0.2) is 18.2 Å². The lowest BCUT2D eigenvalue weighted by atomic mass is 9.70. The number of benzene rings is 1. The van der Waals surface area contributed by atoms with Crippen LogP contribution in [0.3, 0.4) is 0 Å². The Morgan fingerprint density at radius 2 is 1.30 bits per heavy atom. The molecule has 0 saturated carbocycles. The second-order valence-corrected chi connectivity index (χ2v) is 11.1. The third-order valence-electron chi connectivity index (χ3n) is 8.52. The highest BCUT2D eigenvalue weighted by Crippen LogP contribution is 2.48. The molecule has 0 N–H and O–H groups in total. The van der Waals surface area contributed by atoms with Crippen LogP contribution in [0.2, 0.25) is 0 Å². The van der Waals surface area contributed by atoms with Crippen molar-refractivity contribution in [3.8, 4) is 5.75 Å². The van der Waals surface area contributed by atoms with E-state index in [4.69, 9.17) is 9.47 Å². The first-order valence-electron chi connectivity index (χ1n) is 15.5. The molecule has 210 valence electrons. The Bertz CT molecular complexity index is 781. The first-order valence-corrected chi connectivity index (χ1v) is 15.5. The van der Waals surface area contributed by atoms with Crippen molar-refractivity contribution < 1.29 is 18.8 Å². The van der Waals surface area contributed by atoms with Gasteiger partial charge in [-0.2, -0.15) is 4.58 Å². The standard InChI is InChI=1S/C33H56NO3/c1-5-7-9-11-13-15-17-19-23-33(24-20-18-16-14-12-10-8-6-2)29(3)34(25-26-37-28-35)32-22-21-30(36-4)27-31(32)33/h21-22,27-28H,5-20,23-26H2,1-4H3/q+1. The van der Waals surface area contributed by atoms with Gasteiger partial charge in [-0.15, -0.1) is 0 Å². The van der Waals surface area contributed by atoms with E-state index in [9.17, 15) is 4.79 Å². The van der Waals surface area contributed by atoms with E-state index in [-0.39, 0.29) is 5.41 Å². The summed E-state index contributed by atoms with van der Waals surface area (Å²) < 4.78 is 13.2. The van der Waals surface area contributed by atoms with Gasteiger partial charge >= 0.3 is 0 Å². The monoisotopic (exact) mass is 514 g/mol. The zero-order valence-corrected chi connectivity index (χ0v) is 24.6. The smallest absolute Gasteiger partial charge is 0.293 e. The van der Waals surface area contributed by atoms with Crippen LogP contribution < -0.4 is 4.74 Å². The Balaban J connectivity index is 2.14. The molecule has 0 spiro atoms. The molecule has 1 aliphatic rings. The largest absolute Gasteiger partial charge is 0.497 e. The molecule has 0 amide bonds. The molecule has 1 aliphatic heterocycles. The molecule has 0 radical (unpaired) electrons. The summed E-state index contributed by atoms with van der Waals surface area (Å²) >= 11 is 0. The fourth-order valence-electron chi connectivity index (χ4n) is 6.25. The van der Waals surface area contributed by atoms with Crippen LogP contribution >= 0.6 is 0 Å². The minimum Gasteiger partial charge on any atom is -0.497 e. The first kappa shape index (κ1) is 31.4. The highest BCUT2D eigenvalue weighted by molar-refractivity contribution is 5.94. The van der Waals surface area contributed by atoms with Crippen LogP contribution in [0.4, 0.5) is 5.69 Å². The molecular formula is C33H56NO3+. The third-order valence-corrected chi connectivity index (χ3v) is 8.52. The van der Waals surface area contributed by atoms with E-state index in [0.29, 0.717) is 19.6 Å². The molecule has 0 bridgehead atoms. The Labute approximate surface area is 228 Å². The highest BCUT2D eigenvalue weighted by atomic mass is 16.5. The van der Waals surface area contributed by atoms with Crippen molar-refractivity contribution in [3.05, 3.63) is 23.8 Å². The van der Waals surface area contributed by atoms with E-state index in [1.807, 2.05) is 0 Å². The molecule has 37 heavy (non-hydrogen) atoms. The number of ether oxygens (including phenoxy) is 2. The van der Waals surface area contributed by atoms with Gasteiger partial charge in [0.25, 0.3) is 6.47 Å². The summed E-state index contributed by atoms with van der Waals surface area (Å²) in [6.45, 7) is 8.58. The lowest BCUT2D eigenvalue weighted by molar-refractivity contribution is -0.442. The van der Waals surface area contributed by atoms with Crippen molar-refractivity contribution in [1.82, 2.24) is 0 Å². The fourth-order valence-corrected chi connectivity index (χ4v) is 6.25. The van der Waals surface area contributed by atoms with Crippen LogP contribution in [-0.4, -0.2) is 37.0 Å². The molecule has 4 heteroatoms. The molecule has 0 aliphatic carbocycles. The second-order valence-electron chi connectivity index (χ2n) is 11.1. The van der Waals surface area contributed by atoms with Crippen LogP contribution in [-0.2, 0) is 14.9 Å². The van der Waals surface area contributed by atoms with Gasteiger partial charge < -0.3 is 9.47 Å². The topological polar surface area (TPSA) is 38.5 Å². The van der Waals surface area contributed by atoms with E-state index in [1.165, 1.54) is 133 Å². The minimum atomic E-state index is 0.0511. The van der Waals surface area contributed by atoms with E-state index < -0.39 is 0 Å². The molecule has 0 saturated heterocycles. The van der Waals surface area contributed by atoms with Crippen LogP contribution in [0.5, 0.6) is 5.75 Å². The van der Waals surface area contributed by atoms with Gasteiger partial charge in [-0.3, -0.25) is 4.79 Å². The molecule has 1 aromatic carbocycles. The van der Waals surface area contributed by atoms with E-state index in [0.717, 1.165) is 5.75 Å². The van der Waals surface area contributed by atoms with Gasteiger partial charge in [0.2, 0.25) is 5.69 Å². The molecular weight excluding hydrogens is 458 g/mol. The number of fused-ring (bicyclic) bond motifs is 1. The summed E-state index contributed by atoms with van der Waals surface area (Å²) in [6, 6.07) is 6.57. The second kappa shape index (κ2) is 18.4. The molecule has 2 rings (SSSR count). The SMILES string of the molecule is CCCCCCCCCCC1(CCCCCCCCCC)C(C)=[N+](CCOC=O)c2ccc(OC)cc21. The van der Waals surface area contributed by atoms with E-state index in [2.05, 4.69) is 43.5 Å². The van der Waals surface area contributed by atoms with Crippen molar-refractivity contribution in [2.75, 3.05) is 20.3 Å². The predicted molar refractivity (Wildman–Crippen MR) is 157 cm³/mol. The third kappa shape index (κ3) is 9.76. The fraction of sp³-hybridized carbons (Fsp3) is 0.758. The number of carbonyl (C=O) groups excluding carboxylic acids is 1. The predicted octanol–water partition coefficient (Wildman–Crippen LogP) is 9.29. The molecule has 1 heterocycles. The van der Waals surface area contributed by atoms with Gasteiger partial charge in [-0.05, 0) is 25.0 Å². The van der Waals surface area contributed by atoms with E-state index in [1.54, 1.807) is 7.11 Å². The number of rotatable bonds is 23. The average Bonchev–Trinajstić information content (AvgIpc) is 3.14. The molecule has 4 nitrogen and oxygen atoms in total. The summed E-state index contributed by atoms with van der Waals surface area (Å²) in [5.41, 5.74) is 4.17. The molecule has 0 fully saturated rings. The maximum atomic E-state index is 10.8. The molecule has 0 atom stereocenters. The Kier molecular flexibility index (Phi) is 15.6. The zero-order valence-electron chi connectivity index (χ0n) is 24.6. The van der Waals surface area contributed by atoms with Gasteiger partial charge in [0, 0.05) is 18.6 Å². The van der Waals surface area contributed by atoms with Crippen molar-refractivity contribution >= 4 is 17.9 Å². The average molecular weight is 515 g/mol. The normalized spacial score (nSPS) is 14.2. The number of hydrogen-bond acceptors (Lipinski definition) is 3. The highest BCUT2D eigenvalue weighted by Gasteiger charge is 2.49. The Hall–Kier alpha value is -1.84. The number of methoxy groups -OCH3 is 1. The summed E-state index contributed by atoms with van der Waals surface area (Å²) in [5, 5.41) is 0. The van der Waals surface area contributed by atoms with Crippen LogP contribution in [0, 0.1) is 0 Å². The maximum Gasteiger partial charge on any atom is 0.293 e. The zero-order chi connectivity index (χ0) is 26.8. The quantitative estimate of drug-likeness (QED) is 0.0829. The van der Waals surface area contributed by atoms with Gasteiger partial charge in [0.15, 0.2) is 12.3 Å². The van der Waals surface area contributed by atoms with Gasteiger partial charge in [-0.1, -0.05) is 117 Å². The van der Waals surface area contributed by atoms with Crippen molar-refractivity contribution in [2.24, 2.45) is 0 Å². The van der Waals surface area contributed by atoms with Gasteiger partial charge in [-0.25, -0.2) is 0 Å². The van der Waals surface area contributed by atoms with Gasteiger partial charge in [0.05, 0.1) is 12.5 Å². The summed E-state index contributed by atoms with van der Waals surface area (Å²) in [7, 11) is 1.77. The molecule has 0 aromatic heterocycles. The molecule has 1 aromatic rings. The molecule has 0 unspecified atom stereocenters. The summed E-state index contributed by atoms with van der Waals surface area (Å²) in [6.07, 6.45) is 23.9. The number of nitrogens with zero attached hydrogens (tertiary/aromatic N) is 1. The number of hydrogen-bond donors (Lipinski definition) is 0. The minimum absolute atomic E-state index is 0.0511. The first-order chi connectivity index (χ1) is 18.1. The van der Waals surface area contributed by atoms with Crippen molar-refractivity contribution in [3.63, 3.8) is 0 Å². The lowest BCUT2D eigenvalue weighted by Gasteiger charge is -2.28. The van der Waals surface area contributed by atoms with Gasteiger partial charge in [0.1, 0.15) is 12.4 Å². The van der Waals surface area contributed by atoms with Crippen LogP contribution in [0.25, 0.3) is 0 Å². The van der Waals surface area contributed by atoms with Crippen molar-refractivity contribution in [2.45, 2.75) is 142 Å². The number of unbranched alkanes of at least 4 members (excludes halogenated alkanes) is 14. The summed E-state index contributed by atoms with van der Waals surface area (Å²) in [5.74, 6) is 0.939. The number of carbonyl (C=O) groups is 1. The Morgan fingerprint density at radius 1 is 0.784 bits per heavy atom. The lowest BCUT2D eigenvalue weighted by Crippen LogP contribution is -2.34. The Morgan fingerprint density at radius 3 is 1.78 bits per heavy atom. The maximum absolute atomic E-state index is 10.8. The van der Waals surface area contributed by atoms with Crippen LogP contribution in [0.1, 0.15) is 142 Å². The van der Waals surface area contributed by atoms with E-state index >= 15 is 0 Å². The summed E-state index contributed by atoms with van der Waals surface area (Å²) in [4.78, 5) is 10.8.